The molecule has 3 heteroatoms. The van der Waals surface area contributed by atoms with Gasteiger partial charge in [-0.1, -0.05) is 182 Å². The summed E-state index contributed by atoms with van der Waals surface area (Å²) < 4.78 is 9.07. The molecule has 0 aliphatic heterocycles. The number of furan rings is 1. The van der Waals surface area contributed by atoms with Crippen molar-refractivity contribution in [2.45, 2.75) is 6.92 Å². The first-order chi connectivity index (χ1) is 34.6. The normalized spacial score (nSPS) is 11.5. The SMILES string of the molecule is Cc1ccccc1-c1cc(-c2ccccc2)cc(-c2cc(Nc3ccc(-c4ccccc4-c4ccccc4-n4c5ccccc5c5ccccc54)cc3)cc(-c3cccc4c3oc3ccccc34)c2)c1. The lowest BCUT2D eigenvalue weighted by molar-refractivity contribution is 0.670. The molecule has 13 aromatic rings. The van der Waals surface area contributed by atoms with Gasteiger partial charge < -0.3 is 14.3 Å². The molecule has 0 unspecified atom stereocenters. The molecule has 70 heavy (non-hydrogen) atoms. The van der Waals surface area contributed by atoms with Gasteiger partial charge in [-0.3, -0.25) is 0 Å². The van der Waals surface area contributed by atoms with Crippen LogP contribution in [-0.2, 0) is 0 Å². The van der Waals surface area contributed by atoms with E-state index in [1.807, 2.05) is 6.07 Å². The van der Waals surface area contributed by atoms with E-state index in [2.05, 4.69) is 266 Å². The Hall–Kier alpha value is -9.18. The monoisotopic (exact) mass is 894 g/mol. The van der Waals surface area contributed by atoms with E-state index in [9.17, 15) is 0 Å². The van der Waals surface area contributed by atoms with Gasteiger partial charge in [-0.05, 0) is 141 Å². The van der Waals surface area contributed by atoms with Gasteiger partial charge in [0, 0.05) is 44.0 Å². The van der Waals surface area contributed by atoms with Crippen LogP contribution >= 0.6 is 0 Å². The standard InChI is InChI=1S/C67H46N2O/c1-44-18-5-6-21-54(44)50-39-47(45-19-3-2-4-20-45)38-48(40-50)49-41-51(56-28-17-29-62-61-27-12-16-33-66(61)70-67(56)62)43-53(42-49)68-52-36-34-46(35-37-52)55-22-7-8-23-57(55)58-24-9-13-30-63(58)69-64-31-14-10-25-59(64)60-26-11-15-32-65(60)69/h2-43,68H,1H3. The number of rotatable bonds is 9. The van der Waals surface area contributed by atoms with Crippen molar-refractivity contribution in [3.63, 3.8) is 0 Å². The molecule has 1 N–H and O–H groups in total. The Morgan fingerprint density at radius 1 is 0.314 bits per heavy atom. The minimum atomic E-state index is 0.883. The van der Waals surface area contributed by atoms with Crippen molar-refractivity contribution < 1.29 is 4.42 Å². The number of fused-ring (bicyclic) bond motifs is 6. The van der Waals surface area contributed by atoms with Gasteiger partial charge in [0.2, 0.25) is 0 Å². The molecule has 0 atom stereocenters. The van der Waals surface area contributed by atoms with Crippen molar-refractivity contribution in [2.24, 2.45) is 0 Å². The van der Waals surface area contributed by atoms with Crippen molar-refractivity contribution >= 4 is 55.1 Å². The van der Waals surface area contributed by atoms with Crippen LogP contribution in [0.15, 0.2) is 259 Å². The number of nitrogens with zero attached hydrogens (tertiary/aromatic N) is 1. The van der Waals surface area contributed by atoms with Crippen LogP contribution in [0.1, 0.15) is 5.56 Å². The highest BCUT2D eigenvalue weighted by Crippen LogP contribution is 2.43. The number of nitrogens with one attached hydrogen (secondary N) is 1. The van der Waals surface area contributed by atoms with E-state index in [1.54, 1.807) is 0 Å². The van der Waals surface area contributed by atoms with E-state index in [1.165, 1.54) is 66.3 Å². The average Bonchev–Trinajstić information content (AvgIpc) is 3.97. The van der Waals surface area contributed by atoms with Crippen LogP contribution in [-0.4, -0.2) is 4.57 Å². The van der Waals surface area contributed by atoms with Crippen molar-refractivity contribution in [2.75, 3.05) is 5.32 Å². The lowest BCUT2D eigenvalue weighted by Gasteiger charge is -2.17. The lowest BCUT2D eigenvalue weighted by atomic mass is 9.90. The van der Waals surface area contributed by atoms with Crippen molar-refractivity contribution in [1.82, 2.24) is 4.57 Å². The number of anilines is 2. The van der Waals surface area contributed by atoms with E-state index >= 15 is 0 Å². The van der Waals surface area contributed by atoms with Crippen LogP contribution in [0.4, 0.5) is 11.4 Å². The van der Waals surface area contributed by atoms with E-state index in [0.717, 1.165) is 66.8 Å². The lowest BCUT2D eigenvalue weighted by Crippen LogP contribution is -1.98. The number of hydrogen-bond acceptors (Lipinski definition) is 2. The number of hydrogen-bond donors (Lipinski definition) is 1. The Balaban J connectivity index is 0.919. The smallest absolute Gasteiger partial charge is 0.143 e. The molecule has 0 radical (unpaired) electrons. The molecule has 0 aliphatic rings. The summed E-state index contributed by atoms with van der Waals surface area (Å²) in [5.74, 6) is 0. The zero-order chi connectivity index (χ0) is 46.5. The van der Waals surface area contributed by atoms with Crippen LogP contribution in [0.2, 0.25) is 0 Å². The van der Waals surface area contributed by atoms with Gasteiger partial charge in [0.05, 0.1) is 16.7 Å². The zero-order valence-corrected chi connectivity index (χ0v) is 38.6. The largest absolute Gasteiger partial charge is 0.455 e. The van der Waals surface area contributed by atoms with Gasteiger partial charge in [0.1, 0.15) is 11.2 Å². The Labute approximate surface area is 407 Å². The number of aryl methyl sites for hydroxylation is 1. The molecule has 3 nitrogen and oxygen atoms in total. The van der Waals surface area contributed by atoms with Gasteiger partial charge in [0.25, 0.3) is 0 Å². The van der Waals surface area contributed by atoms with Crippen LogP contribution in [0, 0.1) is 6.92 Å². The number of benzene rings is 11. The summed E-state index contributed by atoms with van der Waals surface area (Å²) in [6.07, 6.45) is 0. The third kappa shape index (κ3) is 7.24. The minimum Gasteiger partial charge on any atom is -0.455 e. The van der Waals surface area contributed by atoms with Crippen LogP contribution < -0.4 is 5.32 Å². The van der Waals surface area contributed by atoms with Crippen LogP contribution in [0.25, 0.3) is 116 Å². The highest BCUT2D eigenvalue weighted by atomic mass is 16.3. The summed E-state index contributed by atoms with van der Waals surface area (Å²) in [7, 11) is 0. The van der Waals surface area contributed by atoms with E-state index < -0.39 is 0 Å². The zero-order valence-electron chi connectivity index (χ0n) is 38.6. The van der Waals surface area contributed by atoms with E-state index in [4.69, 9.17) is 4.42 Å². The van der Waals surface area contributed by atoms with Gasteiger partial charge in [0.15, 0.2) is 0 Å². The molecule has 13 rings (SSSR count). The maximum atomic E-state index is 6.65. The Morgan fingerprint density at radius 3 is 1.57 bits per heavy atom. The second kappa shape index (κ2) is 17.2. The molecule has 0 fully saturated rings. The summed E-state index contributed by atoms with van der Waals surface area (Å²) >= 11 is 0. The minimum absolute atomic E-state index is 0.883. The van der Waals surface area contributed by atoms with Crippen LogP contribution in [0.3, 0.4) is 0 Å². The van der Waals surface area contributed by atoms with Crippen molar-refractivity contribution in [1.29, 1.82) is 0 Å². The molecule has 2 heterocycles. The summed E-state index contributed by atoms with van der Waals surface area (Å²) in [6.45, 7) is 2.19. The summed E-state index contributed by atoms with van der Waals surface area (Å²) in [5.41, 5.74) is 22.3. The molecule has 330 valence electrons. The molecule has 0 amide bonds. The molecule has 0 spiro atoms. The van der Waals surface area contributed by atoms with Crippen molar-refractivity contribution in [3.05, 3.63) is 260 Å². The third-order valence-electron chi connectivity index (χ3n) is 13.9. The summed E-state index contributed by atoms with van der Waals surface area (Å²) in [6, 6.07) is 91.8. The molecule has 0 saturated heterocycles. The fourth-order valence-corrected chi connectivity index (χ4v) is 10.6. The average molecular weight is 895 g/mol. The third-order valence-corrected chi connectivity index (χ3v) is 13.9. The summed E-state index contributed by atoms with van der Waals surface area (Å²) in [4.78, 5) is 0. The first-order valence-electron chi connectivity index (χ1n) is 24.0. The molecular formula is C67H46N2O. The molecule has 11 aromatic carbocycles. The molecule has 0 aliphatic carbocycles. The van der Waals surface area contributed by atoms with Gasteiger partial charge in [-0.2, -0.15) is 0 Å². The van der Waals surface area contributed by atoms with E-state index in [0.29, 0.717) is 0 Å². The quantitative estimate of drug-likeness (QED) is 0.156. The first kappa shape index (κ1) is 41.0. The Kier molecular flexibility index (Phi) is 10.1. The first-order valence-corrected chi connectivity index (χ1v) is 24.0. The Morgan fingerprint density at radius 2 is 0.829 bits per heavy atom. The molecular weight excluding hydrogens is 849 g/mol. The maximum Gasteiger partial charge on any atom is 0.143 e. The van der Waals surface area contributed by atoms with Gasteiger partial charge >= 0.3 is 0 Å². The fourth-order valence-electron chi connectivity index (χ4n) is 10.6. The molecule has 0 saturated carbocycles. The second-order valence-corrected chi connectivity index (χ2v) is 18.2. The predicted molar refractivity (Wildman–Crippen MR) is 295 cm³/mol. The van der Waals surface area contributed by atoms with Crippen molar-refractivity contribution in [3.8, 4) is 72.4 Å². The Bertz CT molecular complexity index is 4050. The highest BCUT2D eigenvalue weighted by molar-refractivity contribution is 6.11. The molecule has 2 aromatic heterocycles. The maximum absolute atomic E-state index is 6.65. The van der Waals surface area contributed by atoms with Crippen LogP contribution in [0.5, 0.6) is 0 Å². The highest BCUT2D eigenvalue weighted by Gasteiger charge is 2.19. The second-order valence-electron chi connectivity index (χ2n) is 18.2. The fraction of sp³-hybridized carbons (Fsp3) is 0.0149. The number of aromatic nitrogens is 1. The van der Waals surface area contributed by atoms with Gasteiger partial charge in [-0.25, -0.2) is 0 Å². The number of para-hydroxylation sites is 5. The predicted octanol–water partition coefficient (Wildman–Crippen LogP) is 18.7. The van der Waals surface area contributed by atoms with E-state index in [-0.39, 0.29) is 0 Å². The summed E-state index contributed by atoms with van der Waals surface area (Å²) in [5, 5.41) is 8.58. The van der Waals surface area contributed by atoms with Gasteiger partial charge in [-0.15, -0.1) is 0 Å². The topological polar surface area (TPSA) is 30.1 Å². The molecule has 0 bridgehead atoms.